The standard InChI is InChI=1S/C25H23N3O5S/c1-16-3-5-19(6-4-16)32-20-9-7-18(8-10-20)31-14-24(30)28-25-27-22(15-34-25)23-12-11-21(33-23)13-26-17(2)29/h3-12,15H,13-14H2,1-2H3,(H,26,29)(H,27,28,30). The number of carbonyl (C=O) groups excluding carboxylic acids is 2. The first-order valence-electron chi connectivity index (χ1n) is 10.5. The molecule has 2 aromatic heterocycles. The van der Waals surface area contributed by atoms with Gasteiger partial charge in [0.1, 0.15) is 28.7 Å². The minimum atomic E-state index is -0.327. The van der Waals surface area contributed by atoms with Crippen LogP contribution in [0.1, 0.15) is 18.2 Å². The van der Waals surface area contributed by atoms with Gasteiger partial charge in [-0.1, -0.05) is 17.7 Å². The second-order valence-corrected chi connectivity index (χ2v) is 8.30. The number of ether oxygens (including phenoxy) is 2. The number of anilines is 1. The van der Waals surface area contributed by atoms with Crippen molar-refractivity contribution in [2.75, 3.05) is 11.9 Å². The molecule has 4 rings (SSSR count). The van der Waals surface area contributed by atoms with Gasteiger partial charge in [-0.05, 0) is 55.5 Å². The molecule has 2 aromatic carbocycles. The van der Waals surface area contributed by atoms with Crippen LogP contribution in [0, 0.1) is 6.92 Å². The van der Waals surface area contributed by atoms with Gasteiger partial charge in [0.25, 0.3) is 5.91 Å². The van der Waals surface area contributed by atoms with Gasteiger partial charge in [-0.15, -0.1) is 11.3 Å². The molecule has 9 heteroatoms. The maximum atomic E-state index is 12.3. The van der Waals surface area contributed by atoms with Crippen molar-refractivity contribution in [1.82, 2.24) is 10.3 Å². The average molecular weight is 478 g/mol. The summed E-state index contributed by atoms with van der Waals surface area (Å²) in [6, 6.07) is 18.4. The minimum Gasteiger partial charge on any atom is -0.484 e. The number of carbonyl (C=O) groups is 2. The lowest BCUT2D eigenvalue weighted by atomic mass is 10.2. The van der Waals surface area contributed by atoms with Gasteiger partial charge in [-0.3, -0.25) is 14.9 Å². The molecule has 0 aliphatic rings. The number of amides is 2. The van der Waals surface area contributed by atoms with Crippen LogP contribution in [0.5, 0.6) is 17.2 Å². The molecule has 0 fully saturated rings. The molecule has 0 atom stereocenters. The molecule has 8 nitrogen and oxygen atoms in total. The molecule has 34 heavy (non-hydrogen) atoms. The molecule has 0 aliphatic carbocycles. The van der Waals surface area contributed by atoms with Crippen molar-refractivity contribution in [3.8, 4) is 28.7 Å². The summed E-state index contributed by atoms with van der Waals surface area (Å²) in [6.45, 7) is 3.61. The number of aryl methyl sites for hydroxylation is 1. The predicted molar refractivity (Wildman–Crippen MR) is 129 cm³/mol. The van der Waals surface area contributed by atoms with E-state index < -0.39 is 0 Å². The average Bonchev–Trinajstić information content (AvgIpc) is 3.48. The van der Waals surface area contributed by atoms with E-state index in [2.05, 4.69) is 15.6 Å². The van der Waals surface area contributed by atoms with Gasteiger partial charge in [0, 0.05) is 12.3 Å². The third-order valence-electron chi connectivity index (χ3n) is 4.63. The summed E-state index contributed by atoms with van der Waals surface area (Å²) in [4.78, 5) is 27.7. The molecule has 2 N–H and O–H groups in total. The molecule has 2 heterocycles. The van der Waals surface area contributed by atoms with E-state index in [1.165, 1.54) is 18.3 Å². The van der Waals surface area contributed by atoms with Gasteiger partial charge in [0.15, 0.2) is 17.5 Å². The van der Waals surface area contributed by atoms with Crippen LogP contribution >= 0.6 is 11.3 Å². The Morgan fingerprint density at radius 1 is 0.971 bits per heavy atom. The van der Waals surface area contributed by atoms with Crippen LogP contribution in [-0.4, -0.2) is 23.4 Å². The van der Waals surface area contributed by atoms with Crippen LogP contribution in [0.4, 0.5) is 5.13 Å². The maximum absolute atomic E-state index is 12.3. The van der Waals surface area contributed by atoms with Gasteiger partial charge in [0.05, 0.1) is 6.54 Å². The molecule has 174 valence electrons. The van der Waals surface area contributed by atoms with E-state index in [0.29, 0.717) is 40.4 Å². The van der Waals surface area contributed by atoms with Gasteiger partial charge >= 0.3 is 0 Å². The number of rotatable bonds is 9. The monoisotopic (exact) mass is 477 g/mol. The zero-order chi connectivity index (χ0) is 23.9. The van der Waals surface area contributed by atoms with Crippen LogP contribution < -0.4 is 20.1 Å². The maximum Gasteiger partial charge on any atom is 0.264 e. The molecule has 0 aliphatic heterocycles. The summed E-state index contributed by atoms with van der Waals surface area (Å²) >= 11 is 1.28. The number of nitrogens with zero attached hydrogens (tertiary/aromatic N) is 1. The van der Waals surface area contributed by atoms with Gasteiger partial charge in [-0.2, -0.15) is 0 Å². The summed E-state index contributed by atoms with van der Waals surface area (Å²) in [5, 5.41) is 7.61. The molecule has 0 saturated heterocycles. The number of aromatic nitrogens is 1. The van der Waals surface area contributed by atoms with E-state index >= 15 is 0 Å². The molecular weight excluding hydrogens is 454 g/mol. The van der Waals surface area contributed by atoms with Crippen molar-refractivity contribution in [2.24, 2.45) is 0 Å². The third-order valence-corrected chi connectivity index (χ3v) is 5.38. The second-order valence-electron chi connectivity index (χ2n) is 7.44. The topological polar surface area (TPSA) is 103 Å². The Kier molecular flexibility index (Phi) is 7.24. The quantitative estimate of drug-likeness (QED) is 0.345. The fourth-order valence-corrected chi connectivity index (χ4v) is 3.63. The summed E-state index contributed by atoms with van der Waals surface area (Å²) < 4.78 is 17.0. The smallest absolute Gasteiger partial charge is 0.264 e. The molecule has 0 saturated carbocycles. The third kappa shape index (κ3) is 6.46. The van der Waals surface area contributed by atoms with E-state index in [4.69, 9.17) is 13.9 Å². The Balaban J connectivity index is 1.25. The Bertz CT molecular complexity index is 1260. The van der Waals surface area contributed by atoms with Crippen LogP contribution in [0.3, 0.4) is 0 Å². The van der Waals surface area contributed by atoms with Crippen LogP contribution in [0.15, 0.2) is 70.5 Å². The number of hydrogen-bond donors (Lipinski definition) is 2. The summed E-state index contributed by atoms with van der Waals surface area (Å²) in [5.74, 6) is 2.69. The van der Waals surface area contributed by atoms with Gasteiger partial charge in [-0.25, -0.2) is 4.98 Å². The lowest BCUT2D eigenvalue weighted by Gasteiger charge is -2.08. The molecular formula is C25H23N3O5S. The number of benzene rings is 2. The Labute approximate surface area is 200 Å². The molecule has 0 radical (unpaired) electrons. The highest BCUT2D eigenvalue weighted by Crippen LogP contribution is 2.27. The normalized spacial score (nSPS) is 10.5. The van der Waals surface area contributed by atoms with E-state index in [0.717, 1.165) is 11.3 Å². The first kappa shape index (κ1) is 23.1. The summed E-state index contributed by atoms with van der Waals surface area (Å²) in [7, 11) is 0. The SMILES string of the molecule is CC(=O)NCc1ccc(-c2csc(NC(=O)COc3ccc(Oc4ccc(C)cc4)cc3)n2)o1. The fourth-order valence-electron chi connectivity index (χ4n) is 2.92. The van der Waals surface area contributed by atoms with Crippen molar-refractivity contribution in [2.45, 2.75) is 20.4 Å². The summed E-state index contributed by atoms with van der Waals surface area (Å²) in [6.07, 6.45) is 0. The Hall–Kier alpha value is -4.11. The van der Waals surface area contributed by atoms with Crippen molar-refractivity contribution < 1.29 is 23.5 Å². The van der Waals surface area contributed by atoms with Crippen molar-refractivity contribution in [1.29, 1.82) is 0 Å². The van der Waals surface area contributed by atoms with Crippen LogP contribution in [0.2, 0.25) is 0 Å². The number of hydrogen-bond acceptors (Lipinski definition) is 7. The Morgan fingerprint density at radius 3 is 2.35 bits per heavy atom. The predicted octanol–water partition coefficient (Wildman–Crippen LogP) is 5.16. The van der Waals surface area contributed by atoms with Crippen LogP contribution in [-0.2, 0) is 16.1 Å². The highest BCUT2D eigenvalue weighted by Gasteiger charge is 2.12. The van der Waals surface area contributed by atoms with Crippen molar-refractivity contribution >= 4 is 28.3 Å². The summed E-state index contributed by atoms with van der Waals surface area (Å²) in [5.41, 5.74) is 1.76. The molecule has 0 unspecified atom stereocenters. The molecule has 4 aromatic rings. The minimum absolute atomic E-state index is 0.134. The molecule has 0 spiro atoms. The van der Waals surface area contributed by atoms with Gasteiger partial charge in [0.2, 0.25) is 5.91 Å². The van der Waals surface area contributed by atoms with E-state index in [-0.39, 0.29) is 18.4 Å². The highest BCUT2D eigenvalue weighted by atomic mass is 32.1. The molecule has 0 bridgehead atoms. The highest BCUT2D eigenvalue weighted by molar-refractivity contribution is 7.14. The number of thiazole rings is 1. The van der Waals surface area contributed by atoms with E-state index in [9.17, 15) is 9.59 Å². The van der Waals surface area contributed by atoms with Gasteiger partial charge < -0.3 is 19.2 Å². The number of furan rings is 1. The zero-order valence-corrected chi connectivity index (χ0v) is 19.5. The van der Waals surface area contributed by atoms with Crippen molar-refractivity contribution in [3.63, 3.8) is 0 Å². The lowest BCUT2D eigenvalue weighted by molar-refractivity contribution is -0.119. The van der Waals surface area contributed by atoms with E-state index in [1.807, 2.05) is 31.2 Å². The zero-order valence-electron chi connectivity index (χ0n) is 18.7. The fraction of sp³-hybridized carbons (Fsp3) is 0.160. The van der Waals surface area contributed by atoms with E-state index in [1.54, 1.807) is 41.8 Å². The van der Waals surface area contributed by atoms with Crippen LogP contribution in [0.25, 0.3) is 11.5 Å². The Morgan fingerprint density at radius 2 is 1.65 bits per heavy atom. The lowest BCUT2D eigenvalue weighted by Crippen LogP contribution is -2.20. The number of nitrogens with one attached hydrogen (secondary N) is 2. The first-order chi connectivity index (χ1) is 16.4. The first-order valence-corrected chi connectivity index (χ1v) is 11.4. The van der Waals surface area contributed by atoms with Crippen molar-refractivity contribution in [3.05, 3.63) is 77.4 Å². The second kappa shape index (κ2) is 10.7. The molecule has 2 amide bonds. The largest absolute Gasteiger partial charge is 0.484 e.